The summed E-state index contributed by atoms with van der Waals surface area (Å²) in [6, 6.07) is 11.3. The lowest BCUT2D eigenvalue weighted by Crippen LogP contribution is -2.24. The maximum absolute atomic E-state index is 12.1. The molecule has 108 valence electrons. The predicted octanol–water partition coefficient (Wildman–Crippen LogP) is 2.76. The Balaban J connectivity index is 2.20. The SMILES string of the molecule is Nc1cccc(C(=O)NCc2ccccc2Cl)c1[N+](=O)[O-]. The number of hydrogen-bond donors (Lipinski definition) is 2. The van der Waals surface area contributed by atoms with Crippen molar-refractivity contribution in [2.24, 2.45) is 0 Å². The van der Waals surface area contributed by atoms with Crippen molar-refractivity contribution in [3.8, 4) is 0 Å². The maximum Gasteiger partial charge on any atom is 0.304 e. The third-order valence-electron chi connectivity index (χ3n) is 2.89. The van der Waals surface area contributed by atoms with Gasteiger partial charge in [0.2, 0.25) is 0 Å². The molecular formula is C14H12ClN3O3. The van der Waals surface area contributed by atoms with E-state index in [4.69, 9.17) is 17.3 Å². The van der Waals surface area contributed by atoms with Crippen molar-refractivity contribution in [1.82, 2.24) is 5.32 Å². The molecule has 2 aromatic carbocycles. The Bertz CT molecular complexity index is 704. The molecule has 0 saturated carbocycles. The number of nitrogens with one attached hydrogen (secondary N) is 1. The highest BCUT2D eigenvalue weighted by Crippen LogP contribution is 2.25. The molecule has 0 spiro atoms. The van der Waals surface area contributed by atoms with Crippen molar-refractivity contribution in [1.29, 1.82) is 0 Å². The molecule has 0 heterocycles. The summed E-state index contributed by atoms with van der Waals surface area (Å²) in [6.07, 6.45) is 0. The van der Waals surface area contributed by atoms with Gasteiger partial charge in [-0.2, -0.15) is 0 Å². The number of carbonyl (C=O) groups is 1. The molecule has 0 aliphatic rings. The molecule has 0 unspecified atom stereocenters. The van der Waals surface area contributed by atoms with E-state index in [9.17, 15) is 14.9 Å². The van der Waals surface area contributed by atoms with Gasteiger partial charge in [0.25, 0.3) is 5.91 Å². The summed E-state index contributed by atoms with van der Waals surface area (Å²) in [5.41, 5.74) is 5.75. The van der Waals surface area contributed by atoms with Crippen LogP contribution in [0.3, 0.4) is 0 Å². The Labute approximate surface area is 125 Å². The zero-order valence-electron chi connectivity index (χ0n) is 10.9. The van der Waals surface area contributed by atoms with Gasteiger partial charge in [0.05, 0.1) is 4.92 Å². The lowest BCUT2D eigenvalue weighted by atomic mass is 10.1. The van der Waals surface area contributed by atoms with Crippen LogP contribution in [0.1, 0.15) is 15.9 Å². The lowest BCUT2D eigenvalue weighted by Gasteiger charge is -2.08. The number of amides is 1. The number of nitro groups is 1. The first-order valence-electron chi connectivity index (χ1n) is 6.05. The molecule has 7 heteroatoms. The molecule has 0 aromatic heterocycles. The molecule has 0 radical (unpaired) electrons. The van der Waals surface area contributed by atoms with Gasteiger partial charge in [0, 0.05) is 11.6 Å². The van der Waals surface area contributed by atoms with Gasteiger partial charge < -0.3 is 11.1 Å². The number of rotatable bonds is 4. The molecule has 0 saturated heterocycles. The van der Waals surface area contributed by atoms with Gasteiger partial charge >= 0.3 is 5.69 Å². The first-order chi connectivity index (χ1) is 10.0. The van der Waals surface area contributed by atoms with Crippen LogP contribution < -0.4 is 11.1 Å². The monoisotopic (exact) mass is 305 g/mol. The molecule has 0 aliphatic carbocycles. The minimum Gasteiger partial charge on any atom is -0.393 e. The van der Waals surface area contributed by atoms with Crippen molar-refractivity contribution in [3.05, 3.63) is 68.7 Å². The molecule has 1 amide bonds. The Morgan fingerprint density at radius 2 is 1.95 bits per heavy atom. The number of benzene rings is 2. The number of nitrogen functional groups attached to an aromatic ring is 1. The number of nitrogens with two attached hydrogens (primary N) is 1. The van der Waals surface area contributed by atoms with Crippen molar-refractivity contribution in [2.75, 3.05) is 5.73 Å². The van der Waals surface area contributed by atoms with Crippen LogP contribution in [-0.2, 0) is 6.54 Å². The highest BCUT2D eigenvalue weighted by molar-refractivity contribution is 6.31. The molecule has 2 aromatic rings. The largest absolute Gasteiger partial charge is 0.393 e. The fraction of sp³-hybridized carbons (Fsp3) is 0.0714. The summed E-state index contributed by atoms with van der Waals surface area (Å²) < 4.78 is 0. The molecule has 0 fully saturated rings. The van der Waals surface area contributed by atoms with Gasteiger partial charge in [-0.3, -0.25) is 14.9 Å². The highest BCUT2D eigenvalue weighted by atomic mass is 35.5. The number of anilines is 1. The number of carbonyl (C=O) groups excluding carboxylic acids is 1. The predicted molar refractivity (Wildman–Crippen MR) is 80.1 cm³/mol. The first kappa shape index (κ1) is 14.8. The van der Waals surface area contributed by atoms with Crippen LogP contribution in [0.4, 0.5) is 11.4 Å². The first-order valence-corrected chi connectivity index (χ1v) is 6.43. The van der Waals surface area contributed by atoms with Crippen molar-refractivity contribution < 1.29 is 9.72 Å². The van der Waals surface area contributed by atoms with Crippen molar-refractivity contribution in [2.45, 2.75) is 6.54 Å². The van der Waals surface area contributed by atoms with Crippen LogP contribution in [0.15, 0.2) is 42.5 Å². The van der Waals surface area contributed by atoms with Crippen LogP contribution in [0.25, 0.3) is 0 Å². The summed E-state index contributed by atoms with van der Waals surface area (Å²) in [5.74, 6) is -0.575. The van der Waals surface area contributed by atoms with E-state index in [2.05, 4.69) is 5.32 Å². The summed E-state index contributed by atoms with van der Waals surface area (Å²) in [6.45, 7) is 0.171. The van der Waals surface area contributed by atoms with Gasteiger partial charge in [-0.1, -0.05) is 35.9 Å². The third kappa shape index (κ3) is 3.29. The van der Waals surface area contributed by atoms with Gasteiger partial charge in [0.15, 0.2) is 0 Å². The van der Waals surface area contributed by atoms with E-state index in [0.29, 0.717) is 5.02 Å². The summed E-state index contributed by atoms with van der Waals surface area (Å²) >= 11 is 5.98. The normalized spacial score (nSPS) is 10.1. The van der Waals surface area contributed by atoms with Crippen LogP contribution in [0.5, 0.6) is 0 Å². The fourth-order valence-corrected chi connectivity index (χ4v) is 2.06. The fourth-order valence-electron chi connectivity index (χ4n) is 1.86. The molecular weight excluding hydrogens is 294 g/mol. The number of para-hydroxylation sites is 1. The molecule has 6 nitrogen and oxygen atoms in total. The quantitative estimate of drug-likeness (QED) is 0.515. The molecule has 0 bridgehead atoms. The average molecular weight is 306 g/mol. The van der Waals surface area contributed by atoms with E-state index in [-0.39, 0.29) is 17.8 Å². The average Bonchev–Trinajstić information content (AvgIpc) is 2.45. The molecule has 0 atom stereocenters. The van der Waals surface area contributed by atoms with Crippen LogP contribution in [0, 0.1) is 10.1 Å². The van der Waals surface area contributed by atoms with Gasteiger partial charge in [-0.15, -0.1) is 0 Å². The number of nitro benzene ring substituents is 1. The van der Waals surface area contributed by atoms with E-state index in [0.717, 1.165) is 5.56 Å². The zero-order valence-corrected chi connectivity index (χ0v) is 11.6. The summed E-state index contributed by atoms with van der Waals surface area (Å²) in [5, 5.41) is 14.1. The zero-order chi connectivity index (χ0) is 15.4. The molecule has 2 rings (SSSR count). The van der Waals surface area contributed by atoms with E-state index in [1.54, 1.807) is 24.3 Å². The minimum atomic E-state index is -0.667. The number of hydrogen-bond acceptors (Lipinski definition) is 4. The smallest absolute Gasteiger partial charge is 0.304 e. The number of halogens is 1. The van der Waals surface area contributed by atoms with Crippen LogP contribution >= 0.6 is 11.6 Å². The Morgan fingerprint density at radius 1 is 1.24 bits per heavy atom. The molecule has 0 aliphatic heterocycles. The summed E-state index contributed by atoms with van der Waals surface area (Å²) in [7, 11) is 0. The van der Waals surface area contributed by atoms with Gasteiger partial charge in [-0.25, -0.2) is 0 Å². The topological polar surface area (TPSA) is 98.3 Å². The van der Waals surface area contributed by atoms with Gasteiger partial charge in [-0.05, 0) is 23.8 Å². The third-order valence-corrected chi connectivity index (χ3v) is 3.26. The summed E-state index contributed by atoms with van der Waals surface area (Å²) in [4.78, 5) is 22.4. The van der Waals surface area contributed by atoms with Crippen LogP contribution in [0.2, 0.25) is 5.02 Å². The van der Waals surface area contributed by atoms with E-state index >= 15 is 0 Å². The van der Waals surface area contributed by atoms with Gasteiger partial charge in [0.1, 0.15) is 11.3 Å². The second-order valence-electron chi connectivity index (χ2n) is 4.27. The second kappa shape index (κ2) is 6.23. The molecule has 3 N–H and O–H groups in total. The minimum absolute atomic E-state index is 0.0506. The Kier molecular flexibility index (Phi) is 4.39. The Hall–Kier alpha value is -2.60. The molecule has 21 heavy (non-hydrogen) atoms. The van der Waals surface area contributed by atoms with Crippen molar-refractivity contribution >= 4 is 28.9 Å². The Morgan fingerprint density at radius 3 is 2.62 bits per heavy atom. The highest BCUT2D eigenvalue weighted by Gasteiger charge is 2.22. The van der Waals surface area contributed by atoms with E-state index < -0.39 is 16.5 Å². The van der Waals surface area contributed by atoms with Crippen LogP contribution in [-0.4, -0.2) is 10.8 Å². The van der Waals surface area contributed by atoms with Crippen molar-refractivity contribution in [3.63, 3.8) is 0 Å². The maximum atomic E-state index is 12.1. The standard InChI is InChI=1S/C14H12ClN3O3/c15-11-6-2-1-4-9(11)8-17-14(19)10-5-3-7-12(16)13(10)18(20)21/h1-7H,8,16H2,(H,17,19). The second-order valence-corrected chi connectivity index (χ2v) is 4.68. The number of nitrogens with zero attached hydrogens (tertiary/aromatic N) is 1. The van der Waals surface area contributed by atoms with E-state index in [1.165, 1.54) is 18.2 Å². The lowest BCUT2D eigenvalue weighted by molar-refractivity contribution is -0.384. The van der Waals surface area contributed by atoms with E-state index in [1.807, 2.05) is 0 Å².